The summed E-state index contributed by atoms with van der Waals surface area (Å²) in [6.07, 6.45) is 0.689. The van der Waals surface area contributed by atoms with Crippen molar-refractivity contribution in [3.63, 3.8) is 0 Å². The molecule has 1 aromatic rings. The summed E-state index contributed by atoms with van der Waals surface area (Å²) >= 11 is 0. The van der Waals surface area contributed by atoms with Crippen LogP contribution in [0.2, 0.25) is 0 Å². The van der Waals surface area contributed by atoms with Gasteiger partial charge in [0.1, 0.15) is 19.8 Å². The van der Waals surface area contributed by atoms with Crippen LogP contribution in [-0.4, -0.2) is 14.1 Å². The normalized spacial score (nSPS) is 9.09. The maximum atomic E-state index is 10.2. The maximum Gasteiger partial charge on any atom is 0.150 e. The van der Waals surface area contributed by atoms with Crippen molar-refractivity contribution < 1.29 is 4.79 Å². The Labute approximate surface area is 64.8 Å². The fraction of sp³-hybridized carbons (Fsp3) is 0. The van der Waals surface area contributed by atoms with Crippen molar-refractivity contribution in [2.45, 2.75) is 0 Å². The summed E-state index contributed by atoms with van der Waals surface area (Å²) in [5.41, 5.74) is 1.59. The van der Waals surface area contributed by atoms with E-state index in [9.17, 15) is 9.70 Å². The van der Waals surface area contributed by atoms with Crippen LogP contribution in [0, 0.1) is 4.91 Å². The third-order valence-corrected chi connectivity index (χ3v) is 1.47. The van der Waals surface area contributed by atoms with Gasteiger partial charge in [0.15, 0.2) is 0 Å². The molecule has 1 aromatic carbocycles. The summed E-state index contributed by atoms with van der Waals surface area (Å²) in [7, 11) is 1.77. The molecule has 54 valence electrons. The molecule has 0 heterocycles. The van der Waals surface area contributed by atoms with E-state index in [1.807, 2.05) is 0 Å². The highest BCUT2D eigenvalue weighted by Gasteiger charge is 1.98. The summed E-state index contributed by atoms with van der Waals surface area (Å²) in [6.45, 7) is 0. The molecule has 0 atom stereocenters. The van der Waals surface area contributed by atoms with Crippen molar-refractivity contribution in [1.82, 2.24) is 0 Å². The summed E-state index contributed by atoms with van der Waals surface area (Å²) < 4.78 is 0. The Morgan fingerprint density at radius 1 is 1.45 bits per heavy atom. The first-order valence-corrected chi connectivity index (χ1v) is 3.17. The highest BCUT2D eigenvalue weighted by atomic mass is 16.3. The SMILES string of the molecule is Bc1ccc(C=O)cc1N=O. The Morgan fingerprint density at radius 2 is 2.18 bits per heavy atom. The van der Waals surface area contributed by atoms with E-state index >= 15 is 0 Å². The topological polar surface area (TPSA) is 46.5 Å². The molecule has 4 heteroatoms. The van der Waals surface area contributed by atoms with E-state index < -0.39 is 0 Å². The third-order valence-electron chi connectivity index (χ3n) is 1.47. The third kappa shape index (κ3) is 1.52. The van der Waals surface area contributed by atoms with Crippen molar-refractivity contribution in [2.75, 3.05) is 0 Å². The van der Waals surface area contributed by atoms with E-state index in [-0.39, 0.29) is 0 Å². The van der Waals surface area contributed by atoms with Gasteiger partial charge >= 0.3 is 0 Å². The molecule has 0 spiro atoms. The Kier molecular flexibility index (Phi) is 2.16. The lowest BCUT2D eigenvalue weighted by Gasteiger charge is -1.95. The molecule has 0 amide bonds. The number of carbonyl (C=O) groups is 1. The van der Waals surface area contributed by atoms with Gasteiger partial charge in [-0.25, -0.2) is 0 Å². The van der Waals surface area contributed by atoms with Crippen LogP contribution in [0.1, 0.15) is 10.4 Å². The van der Waals surface area contributed by atoms with Crippen LogP contribution in [0.15, 0.2) is 23.4 Å². The molecular weight excluding hydrogens is 141 g/mol. The van der Waals surface area contributed by atoms with Crippen LogP contribution in [0.3, 0.4) is 0 Å². The quantitative estimate of drug-likeness (QED) is 0.339. The molecule has 0 aromatic heterocycles. The number of nitroso groups, excluding NO2 is 1. The number of hydrogen-bond acceptors (Lipinski definition) is 3. The van der Waals surface area contributed by atoms with Crippen LogP contribution in [0.4, 0.5) is 5.69 Å². The smallest absolute Gasteiger partial charge is 0.150 e. The van der Waals surface area contributed by atoms with Crippen LogP contribution < -0.4 is 5.46 Å². The zero-order valence-electron chi connectivity index (χ0n) is 6.07. The lowest BCUT2D eigenvalue weighted by molar-refractivity contribution is 0.112. The first-order valence-electron chi connectivity index (χ1n) is 3.17. The molecule has 0 aliphatic carbocycles. The molecule has 0 radical (unpaired) electrons. The summed E-state index contributed by atoms with van der Waals surface area (Å²) in [4.78, 5) is 20.4. The average molecular weight is 147 g/mol. The highest BCUT2D eigenvalue weighted by Crippen LogP contribution is 2.08. The molecule has 1 rings (SSSR count). The largest absolute Gasteiger partial charge is 0.298 e. The van der Waals surface area contributed by atoms with E-state index in [4.69, 9.17) is 0 Å². The number of carbonyl (C=O) groups excluding carboxylic acids is 1. The van der Waals surface area contributed by atoms with Gasteiger partial charge in [-0.15, -0.1) is 4.91 Å². The Morgan fingerprint density at radius 3 is 2.73 bits per heavy atom. The first kappa shape index (κ1) is 7.66. The fourth-order valence-corrected chi connectivity index (χ4v) is 0.798. The van der Waals surface area contributed by atoms with Gasteiger partial charge < -0.3 is 0 Å². The van der Waals surface area contributed by atoms with Crippen LogP contribution >= 0.6 is 0 Å². The van der Waals surface area contributed by atoms with Gasteiger partial charge in [-0.3, -0.25) is 4.79 Å². The van der Waals surface area contributed by atoms with Crippen LogP contribution in [-0.2, 0) is 0 Å². The minimum atomic E-state index is 0.328. The van der Waals surface area contributed by atoms with E-state index in [1.165, 1.54) is 6.07 Å². The van der Waals surface area contributed by atoms with Crippen molar-refractivity contribution >= 4 is 25.3 Å². The fourth-order valence-electron chi connectivity index (χ4n) is 0.798. The van der Waals surface area contributed by atoms with Gasteiger partial charge in [-0.1, -0.05) is 17.6 Å². The van der Waals surface area contributed by atoms with Gasteiger partial charge in [-0.05, 0) is 11.2 Å². The number of rotatable bonds is 2. The predicted molar refractivity (Wildman–Crippen MR) is 45.5 cm³/mol. The second-order valence-corrected chi connectivity index (χ2v) is 2.26. The van der Waals surface area contributed by atoms with E-state index in [0.29, 0.717) is 17.5 Å². The lowest BCUT2D eigenvalue weighted by atomic mass is 9.93. The van der Waals surface area contributed by atoms with Gasteiger partial charge in [0.25, 0.3) is 0 Å². The van der Waals surface area contributed by atoms with Crippen LogP contribution in [0.25, 0.3) is 0 Å². The number of benzene rings is 1. The zero-order valence-corrected chi connectivity index (χ0v) is 6.07. The van der Waals surface area contributed by atoms with Crippen molar-refractivity contribution in [1.29, 1.82) is 0 Å². The first-order chi connectivity index (χ1) is 5.27. The molecule has 3 nitrogen and oxygen atoms in total. The molecule has 0 bridgehead atoms. The van der Waals surface area contributed by atoms with E-state index in [0.717, 1.165) is 5.46 Å². The molecule has 0 saturated heterocycles. The standard InChI is InChI=1S/C7H6BNO2/c8-6-2-1-5(4-10)3-7(6)9-11/h1-4H,8H2. The van der Waals surface area contributed by atoms with Crippen molar-refractivity contribution in [2.24, 2.45) is 5.18 Å². The molecule has 0 aliphatic heterocycles. The second-order valence-electron chi connectivity index (χ2n) is 2.26. The highest BCUT2D eigenvalue weighted by molar-refractivity contribution is 6.35. The monoisotopic (exact) mass is 147 g/mol. The molecule has 0 unspecified atom stereocenters. The van der Waals surface area contributed by atoms with E-state index in [2.05, 4.69) is 5.18 Å². The minimum absolute atomic E-state index is 0.328. The van der Waals surface area contributed by atoms with Gasteiger partial charge in [0, 0.05) is 5.56 Å². The summed E-state index contributed by atoms with van der Waals surface area (Å²) in [5, 5.41) is 2.77. The molecule has 0 N–H and O–H groups in total. The Hall–Kier alpha value is -1.45. The Balaban J connectivity index is 3.22. The number of aldehydes is 1. The molecule has 0 saturated carbocycles. The molecular formula is C7H6BNO2. The molecule has 0 fully saturated rings. The van der Waals surface area contributed by atoms with Gasteiger partial charge in [0.05, 0.1) is 0 Å². The number of hydrogen-bond donors (Lipinski definition) is 0. The average Bonchev–Trinajstić information content (AvgIpc) is 2.05. The zero-order chi connectivity index (χ0) is 8.27. The second kappa shape index (κ2) is 3.10. The van der Waals surface area contributed by atoms with Crippen molar-refractivity contribution in [3.05, 3.63) is 28.7 Å². The summed E-state index contributed by atoms with van der Waals surface area (Å²) in [5.74, 6) is 0. The summed E-state index contributed by atoms with van der Waals surface area (Å²) in [6, 6.07) is 4.81. The van der Waals surface area contributed by atoms with Gasteiger partial charge in [0.2, 0.25) is 0 Å². The molecule has 0 aliphatic rings. The predicted octanol–water partition coefficient (Wildman–Crippen LogP) is 0.155. The van der Waals surface area contributed by atoms with Crippen LogP contribution in [0.5, 0.6) is 0 Å². The van der Waals surface area contributed by atoms with E-state index in [1.54, 1.807) is 20.0 Å². The van der Waals surface area contributed by atoms with Gasteiger partial charge in [-0.2, -0.15) is 0 Å². The lowest BCUT2D eigenvalue weighted by Crippen LogP contribution is -2.02. The van der Waals surface area contributed by atoms with Crippen molar-refractivity contribution in [3.8, 4) is 0 Å². The maximum absolute atomic E-state index is 10.2. The molecule has 11 heavy (non-hydrogen) atoms. The minimum Gasteiger partial charge on any atom is -0.298 e. The number of nitrogens with zero attached hydrogens (tertiary/aromatic N) is 1. The Bertz CT molecular complexity index is 298.